The number of fused-ring (bicyclic) bond motifs is 2. The Labute approximate surface area is 201 Å². The zero-order valence-electron chi connectivity index (χ0n) is 19.0. The summed E-state index contributed by atoms with van der Waals surface area (Å²) < 4.78 is 14.1. The summed E-state index contributed by atoms with van der Waals surface area (Å²) in [5.41, 5.74) is 1.75. The SMILES string of the molecule is CCOC(=O)C(C)n1nc(Cc2cn3cc(OCC4CC4)c(Cl)cc3n2)c2ccccc2c1=O. The van der Waals surface area contributed by atoms with E-state index in [2.05, 4.69) is 10.1 Å². The lowest BCUT2D eigenvalue weighted by Gasteiger charge is -2.15. The van der Waals surface area contributed by atoms with Crippen LogP contribution in [0.15, 0.2) is 47.5 Å². The van der Waals surface area contributed by atoms with E-state index in [-0.39, 0.29) is 12.2 Å². The summed E-state index contributed by atoms with van der Waals surface area (Å²) in [6.45, 7) is 4.24. The number of nitrogens with zero attached hydrogens (tertiary/aromatic N) is 4. The van der Waals surface area contributed by atoms with E-state index in [9.17, 15) is 9.59 Å². The van der Waals surface area contributed by atoms with Gasteiger partial charge in [0.2, 0.25) is 0 Å². The third kappa shape index (κ3) is 4.37. The van der Waals surface area contributed by atoms with Crippen LogP contribution in [0.3, 0.4) is 0 Å². The Kier molecular flexibility index (Phi) is 6.00. The minimum Gasteiger partial charge on any atom is -0.490 e. The molecule has 1 atom stereocenters. The van der Waals surface area contributed by atoms with Crippen LogP contribution in [-0.4, -0.2) is 38.3 Å². The Morgan fingerprint density at radius 2 is 2.00 bits per heavy atom. The predicted molar refractivity (Wildman–Crippen MR) is 129 cm³/mol. The number of carbonyl (C=O) groups is 1. The Morgan fingerprint density at radius 3 is 2.74 bits per heavy atom. The molecule has 5 rings (SSSR count). The third-order valence-electron chi connectivity index (χ3n) is 5.98. The van der Waals surface area contributed by atoms with Gasteiger partial charge in [0.05, 0.1) is 41.2 Å². The van der Waals surface area contributed by atoms with Gasteiger partial charge in [-0.25, -0.2) is 14.5 Å². The third-order valence-corrected chi connectivity index (χ3v) is 6.27. The van der Waals surface area contributed by atoms with Crippen LogP contribution in [-0.2, 0) is 16.0 Å². The Morgan fingerprint density at radius 1 is 1.24 bits per heavy atom. The van der Waals surface area contributed by atoms with Gasteiger partial charge in [0.15, 0.2) is 11.8 Å². The Bertz CT molecular complexity index is 1440. The standard InChI is InChI=1S/C25H25ClN4O4/c1-3-33-25(32)15(2)30-24(31)19-7-5-4-6-18(19)21(28-30)10-17-12-29-13-22(34-14-16-8-9-16)20(26)11-23(29)27-17/h4-7,11-13,15-16H,3,8-10,14H2,1-2H3. The van der Waals surface area contributed by atoms with Gasteiger partial charge in [0.1, 0.15) is 5.65 Å². The fourth-order valence-electron chi connectivity index (χ4n) is 3.93. The summed E-state index contributed by atoms with van der Waals surface area (Å²) in [5, 5.41) is 6.30. The maximum atomic E-state index is 13.1. The fraction of sp³-hybridized carbons (Fsp3) is 0.360. The van der Waals surface area contributed by atoms with Crippen LogP contribution in [0.25, 0.3) is 16.4 Å². The van der Waals surface area contributed by atoms with Crippen molar-refractivity contribution in [1.82, 2.24) is 19.2 Å². The van der Waals surface area contributed by atoms with Gasteiger partial charge in [-0.3, -0.25) is 4.79 Å². The minimum atomic E-state index is -0.846. The van der Waals surface area contributed by atoms with Crippen molar-refractivity contribution >= 4 is 34.0 Å². The summed E-state index contributed by atoms with van der Waals surface area (Å²) in [7, 11) is 0. The topological polar surface area (TPSA) is 87.7 Å². The van der Waals surface area contributed by atoms with Crippen LogP contribution in [0.4, 0.5) is 0 Å². The minimum absolute atomic E-state index is 0.231. The monoisotopic (exact) mass is 480 g/mol. The molecule has 0 amide bonds. The van der Waals surface area contributed by atoms with E-state index in [4.69, 9.17) is 21.1 Å². The van der Waals surface area contributed by atoms with E-state index in [0.29, 0.717) is 46.4 Å². The first-order valence-corrected chi connectivity index (χ1v) is 11.8. The number of imidazole rings is 1. The molecule has 0 saturated heterocycles. The van der Waals surface area contributed by atoms with E-state index >= 15 is 0 Å². The second-order valence-electron chi connectivity index (χ2n) is 8.58. The van der Waals surface area contributed by atoms with Crippen molar-refractivity contribution < 1.29 is 14.3 Å². The fourth-order valence-corrected chi connectivity index (χ4v) is 4.13. The molecule has 34 heavy (non-hydrogen) atoms. The predicted octanol–water partition coefficient (Wildman–Crippen LogP) is 4.20. The van der Waals surface area contributed by atoms with Crippen LogP contribution in [0, 0.1) is 5.92 Å². The average Bonchev–Trinajstić information content (AvgIpc) is 3.58. The van der Waals surface area contributed by atoms with Gasteiger partial charge in [-0.15, -0.1) is 0 Å². The van der Waals surface area contributed by atoms with Crippen LogP contribution in [0.2, 0.25) is 5.02 Å². The van der Waals surface area contributed by atoms with Crippen LogP contribution < -0.4 is 10.3 Å². The molecule has 1 saturated carbocycles. The number of esters is 1. The van der Waals surface area contributed by atoms with Gasteiger partial charge in [-0.05, 0) is 38.7 Å². The molecule has 9 heteroatoms. The summed E-state index contributed by atoms with van der Waals surface area (Å²) in [6.07, 6.45) is 6.51. The Balaban J connectivity index is 1.51. The van der Waals surface area contributed by atoms with Crippen molar-refractivity contribution in [3.8, 4) is 5.75 Å². The molecule has 3 heterocycles. The maximum absolute atomic E-state index is 13.1. The van der Waals surface area contributed by atoms with Gasteiger partial charge < -0.3 is 13.9 Å². The normalized spacial score (nSPS) is 14.4. The molecule has 1 aromatic carbocycles. The zero-order chi connectivity index (χ0) is 23.8. The lowest BCUT2D eigenvalue weighted by atomic mass is 10.1. The number of pyridine rings is 1. The van der Waals surface area contributed by atoms with E-state index < -0.39 is 12.0 Å². The first-order valence-electron chi connectivity index (χ1n) is 11.4. The molecule has 176 valence electrons. The molecule has 8 nitrogen and oxygen atoms in total. The Hall–Kier alpha value is -3.39. The van der Waals surface area contributed by atoms with Gasteiger partial charge in [-0.1, -0.05) is 29.8 Å². The van der Waals surface area contributed by atoms with Crippen molar-refractivity contribution in [2.75, 3.05) is 13.2 Å². The number of aromatic nitrogens is 4. The van der Waals surface area contributed by atoms with Gasteiger partial charge in [-0.2, -0.15) is 5.10 Å². The van der Waals surface area contributed by atoms with E-state index in [1.54, 1.807) is 32.0 Å². The van der Waals surface area contributed by atoms with Crippen molar-refractivity contribution in [2.24, 2.45) is 5.92 Å². The first kappa shape index (κ1) is 22.4. The van der Waals surface area contributed by atoms with Crippen molar-refractivity contribution in [3.63, 3.8) is 0 Å². The highest BCUT2D eigenvalue weighted by atomic mass is 35.5. The molecule has 0 spiro atoms. The molecular formula is C25H25ClN4O4. The maximum Gasteiger partial charge on any atom is 0.330 e. The summed E-state index contributed by atoms with van der Waals surface area (Å²) in [5.74, 6) is 0.752. The number of ether oxygens (including phenoxy) is 2. The molecular weight excluding hydrogens is 456 g/mol. The van der Waals surface area contributed by atoms with Crippen LogP contribution in [0.1, 0.15) is 44.1 Å². The average molecular weight is 481 g/mol. The van der Waals surface area contributed by atoms with Crippen molar-refractivity contribution in [3.05, 3.63) is 69.5 Å². The molecule has 1 aliphatic rings. The smallest absolute Gasteiger partial charge is 0.330 e. The molecule has 0 bridgehead atoms. The zero-order valence-corrected chi connectivity index (χ0v) is 19.8. The van der Waals surface area contributed by atoms with E-state index in [0.717, 1.165) is 11.1 Å². The summed E-state index contributed by atoms with van der Waals surface area (Å²) in [6, 6.07) is 8.19. The number of benzene rings is 1. The molecule has 0 radical (unpaired) electrons. The van der Waals surface area contributed by atoms with Gasteiger partial charge >= 0.3 is 5.97 Å². The number of rotatable bonds is 8. The molecule has 0 N–H and O–H groups in total. The molecule has 3 aromatic heterocycles. The number of carbonyl (C=O) groups excluding carboxylic acids is 1. The van der Waals surface area contributed by atoms with E-state index in [1.807, 2.05) is 28.9 Å². The highest BCUT2D eigenvalue weighted by Gasteiger charge is 2.23. The highest BCUT2D eigenvalue weighted by molar-refractivity contribution is 6.32. The number of hydrogen-bond acceptors (Lipinski definition) is 6. The number of hydrogen-bond donors (Lipinski definition) is 0. The summed E-state index contributed by atoms with van der Waals surface area (Å²) in [4.78, 5) is 30.1. The van der Waals surface area contributed by atoms with Crippen molar-refractivity contribution in [2.45, 2.75) is 39.2 Å². The quantitative estimate of drug-likeness (QED) is 0.351. The molecule has 1 aliphatic carbocycles. The molecule has 1 fully saturated rings. The van der Waals surface area contributed by atoms with Crippen LogP contribution in [0.5, 0.6) is 5.75 Å². The highest BCUT2D eigenvalue weighted by Crippen LogP contribution is 2.32. The molecule has 1 unspecified atom stereocenters. The second kappa shape index (κ2) is 9.10. The van der Waals surface area contributed by atoms with Gasteiger partial charge in [0, 0.05) is 24.1 Å². The lowest BCUT2D eigenvalue weighted by molar-refractivity contribution is -0.147. The largest absolute Gasteiger partial charge is 0.490 e. The first-order chi connectivity index (χ1) is 16.4. The second-order valence-corrected chi connectivity index (χ2v) is 8.99. The summed E-state index contributed by atoms with van der Waals surface area (Å²) >= 11 is 6.41. The number of halogens is 1. The van der Waals surface area contributed by atoms with Gasteiger partial charge in [0.25, 0.3) is 5.56 Å². The van der Waals surface area contributed by atoms with E-state index in [1.165, 1.54) is 17.5 Å². The molecule has 0 aliphatic heterocycles. The van der Waals surface area contributed by atoms with Crippen molar-refractivity contribution in [1.29, 1.82) is 0 Å². The molecule has 4 aromatic rings. The lowest BCUT2D eigenvalue weighted by Crippen LogP contribution is -2.32. The van der Waals surface area contributed by atoms with Crippen LogP contribution >= 0.6 is 11.6 Å².